The third-order valence-electron chi connectivity index (χ3n) is 4.45. The molecule has 4 heteroatoms. The van der Waals surface area contributed by atoms with Crippen LogP contribution in [0, 0.1) is 0 Å². The fourth-order valence-electron chi connectivity index (χ4n) is 3.31. The van der Waals surface area contributed by atoms with Gasteiger partial charge in [0.1, 0.15) is 5.60 Å². The number of nitrogens with zero attached hydrogens (tertiary/aromatic N) is 1. The average molecular weight is 286 g/mol. The highest BCUT2D eigenvalue weighted by Crippen LogP contribution is 2.36. The van der Waals surface area contributed by atoms with Crippen molar-refractivity contribution in [3.05, 3.63) is 30.5 Å². The Balaban J connectivity index is 1.88. The van der Waals surface area contributed by atoms with E-state index < -0.39 is 5.60 Å². The van der Waals surface area contributed by atoms with Crippen LogP contribution in [0.1, 0.15) is 32.6 Å². The van der Waals surface area contributed by atoms with Gasteiger partial charge in [0, 0.05) is 31.1 Å². The SMILES string of the molecule is CCOC1(C(=O)N(C)c2ccc3cc[nH]c3c2)CCCC1. The Bertz CT molecular complexity index is 641. The fraction of sp³-hybridized carbons (Fsp3) is 0.471. The molecule has 0 aliphatic heterocycles. The molecule has 0 atom stereocenters. The number of aromatic nitrogens is 1. The van der Waals surface area contributed by atoms with Gasteiger partial charge in [0.05, 0.1) is 0 Å². The van der Waals surface area contributed by atoms with E-state index in [1.807, 2.05) is 44.4 Å². The van der Waals surface area contributed by atoms with Crippen LogP contribution in [-0.4, -0.2) is 30.1 Å². The summed E-state index contributed by atoms with van der Waals surface area (Å²) in [6.45, 7) is 2.54. The molecule has 0 bridgehead atoms. The van der Waals surface area contributed by atoms with E-state index in [1.165, 1.54) is 0 Å². The summed E-state index contributed by atoms with van der Waals surface area (Å²) in [6, 6.07) is 8.07. The second-order valence-electron chi connectivity index (χ2n) is 5.75. The molecule has 1 aliphatic rings. The summed E-state index contributed by atoms with van der Waals surface area (Å²) in [5.74, 6) is 0.0766. The summed E-state index contributed by atoms with van der Waals surface area (Å²) in [7, 11) is 1.84. The van der Waals surface area contributed by atoms with Crippen molar-refractivity contribution in [2.45, 2.75) is 38.2 Å². The van der Waals surface area contributed by atoms with Crippen molar-refractivity contribution in [1.29, 1.82) is 0 Å². The van der Waals surface area contributed by atoms with Crippen LogP contribution in [0.3, 0.4) is 0 Å². The monoisotopic (exact) mass is 286 g/mol. The highest BCUT2D eigenvalue weighted by Gasteiger charge is 2.43. The Morgan fingerprint density at radius 2 is 2.10 bits per heavy atom. The summed E-state index contributed by atoms with van der Waals surface area (Å²) >= 11 is 0. The molecule has 0 radical (unpaired) electrons. The predicted molar refractivity (Wildman–Crippen MR) is 84.5 cm³/mol. The van der Waals surface area contributed by atoms with Gasteiger partial charge in [-0.3, -0.25) is 4.79 Å². The smallest absolute Gasteiger partial charge is 0.258 e. The first kappa shape index (κ1) is 14.1. The first-order valence-corrected chi connectivity index (χ1v) is 7.65. The van der Waals surface area contributed by atoms with Crippen LogP contribution < -0.4 is 4.90 Å². The van der Waals surface area contributed by atoms with Crippen LogP contribution in [0.5, 0.6) is 0 Å². The van der Waals surface area contributed by atoms with Gasteiger partial charge >= 0.3 is 0 Å². The van der Waals surface area contributed by atoms with Gasteiger partial charge in [0.15, 0.2) is 0 Å². The second kappa shape index (κ2) is 5.53. The van der Waals surface area contributed by atoms with E-state index in [0.717, 1.165) is 42.3 Å². The third-order valence-corrected chi connectivity index (χ3v) is 4.45. The number of anilines is 1. The molecule has 1 N–H and O–H groups in total. The molecule has 1 fully saturated rings. The molecule has 112 valence electrons. The van der Waals surface area contributed by atoms with Crippen LogP contribution >= 0.6 is 0 Å². The molecule has 0 spiro atoms. The Hall–Kier alpha value is -1.81. The standard InChI is InChI=1S/C17H22N2O2/c1-3-21-17(9-4-5-10-17)16(20)19(2)14-7-6-13-8-11-18-15(13)12-14/h6-8,11-12,18H,3-5,9-10H2,1-2H3. The summed E-state index contributed by atoms with van der Waals surface area (Å²) in [5, 5.41) is 1.15. The molecule has 3 rings (SSSR count). The average Bonchev–Trinajstić information content (AvgIpc) is 3.14. The minimum absolute atomic E-state index is 0.0766. The first-order valence-electron chi connectivity index (χ1n) is 7.65. The number of fused-ring (bicyclic) bond motifs is 1. The largest absolute Gasteiger partial charge is 0.365 e. The molecule has 2 aromatic rings. The molecule has 0 unspecified atom stereocenters. The minimum Gasteiger partial charge on any atom is -0.365 e. The fourth-order valence-corrected chi connectivity index (χ4v) is 3.31. The van der Waals surface area contributed by atoms with E-state index in [2.05, 4.69) is 4.98 Å². The van der Waals surface area contributed by atoms with Gasteiger partial charge < -0.3 is 14.6 Å². The topological polar surface area (TPSA) is 45.3 Å². The third kappa shape index (κ3) is 2.44. The van der Waals surface area contributed by atoms with Gasteiger partial charge in [-0.1, -0.05) is 6.07 Å². The second-order valence-corrected chi connectivity index (χ2v) is 5.75. The molecular weight excluding hydrogens is 264 g/mol. The lowest BCUT2D eigenvalue weighted by Crippen LogP contribution is -2.48. The van der Waals surface area contributed by atoms with Crippen molar-refractivity contribution in [2.24, 2.45) is 0 Å². The van der Waals surface area contributed by atoms with Crippen LogP contribution in [0.25, 0.3) is 10.9 Å². The molecule has 1 aromatic carbocycles. The maximum absolute atomic E-state index is 12.9. The number of likely N-dealkylation sites (N-methyl/N-ethyl adjacent to an activating group) is 1. The van der Waals surface area contributed by atoms with Gasteiger partial charge in [0.25, 0.3) is 5.91 Å². The molecular formula is C17H22N2O2. The molecule has 1 aliphatic carbocycles. The van der Waals surface area contributed by atoms with Crippen molar-refractivity contribution < 1.29 is 9.53 Å². The Morgan fingerprint density at radius 3 is 2.81 bits per heavy atom. The number of benzene rings is 1. The van der Waals surface area contributed by atoms with Crippen molar-refractivity contribution >= 4 is 22.5 Å². The Morgan fingerprint density at radius 1 is 1.33 bits per heavy atom. The molecule has 4 nitrogen and oxygen atoms in total. The van der Waals surface area contributed by atoms with Crippen LogP contribution in [0.2, 0.25) is 0 Å². The van der Waals surface area contributed by atoms with Gasteiger partial charge in [-0.2, -0.15) is 0 Å². The van der Waals surface area contributed by atoms with Gasteiger partial charge in [-0.05, 0) is 56.2 Å². The number of carbonyl (C=O) groups excluding carboxylic acids is 1. The molecule has 1 saturated carbocycles. The van der Waals surface area contributed by atoms with Gasteiger partial charge in [-0.15, -0.1) is 0 Å². The zero-order chi connectivity index (χ0) is 14.9. The quantitative estimate of drug-likeness (QED) is 0.935. The zero-order valence-electron chi connectivity index (χ0n) is 12.7. The van der Waals surface area contributed by atoms with E-state index in [0.29, 0.717) is 6.61 Å². The molecule has 0 saturated heterocycles. The first-order chi connectivity index (χ1) is 10.2. The number of ether oxygens (including phenoxy) is 1. The zero-order valence-corrected chi connectivity index (χ0v) is 12.7. The number of H-pyrrole nitrogens is 1. The van der Waals surface area contributed by atoms with Crippen molar-refractivity contribution in [3.8, 4) is 0 Å². The Kier molecular flexibility index (Phi) is 3.72. The number of hydrogen-bond donors (Lipinski definition) is 1. The number of hydrogen-bond acceptors (Lipinski definition) is 2. The van der Waals surface area contributed by atoms with E-state index in [-0.39, 0.29) is 5.91 Å². The molecule has 1 amide bonds. The maximum Gasteiger partial charge on any atom is 0.258 e. The normalized spacial score (nSPS) is 17.2. The predicted octanol–water partition coefficient (Wildman–Crippen LogP) is 3.48. The molecule has 1 heterocycles. The van der Waals surface area contributed by atoms with E-state index in [1.54, 1.807) is 4.90 Å². The maximum atomic E-state index is 12.9. The number of aromatic amines is 1. The lowest BCUT2D eigenvalue weighted by Gasteiger charge is -2.32. The minimum atomic E-state index is -0.617. The summed E-state index contributed by atoms with van der Waals surface area (Å²) in [6.07, 6.45) is 5.70. The van der Waals surface area contributed by atoms with Gasteiger partial charge in [-0.25, -0.2) is 0 Å². The summed E-state index contributed by atoms with van der Waals surface area (Å²) < 4.78 is 5.87. The lowest BCUT2D eigenvalue weighted by atomic mass is 9.99. The van der Waals surface area contributed by atoms with Crippen molar-refractivity contribution in [2.75, 3.05) is 18.6 Å². The summed E-state index contributed by atoms with van der Waals surface area (Å²) in [5.41, 5.74) is 1.33. The highest BCUT2D eigenvalue weighted by molar-refractivity contribution is 6.00. The van der Waals surface area contributed by atoms with Crippen molar-refractivity contribution in [3.63, 3.8) is 0 Å². The number of rotatable bonds is 4. The van der Waals surface area contributed by atoms with Crippen LogP contribution in [-0.2, 0) is 9.53 Å². The van der Waals surface area contributed by atoms with E-state index in [4.69, 9.17) is 4.74 Å². The van der Waals surface area contributed by atoms with Crippen LogP contribution in [0.4, 0.5) is 5.69 Å². The number of amides is 1. The van der Waals surface area contributed by atoms with E-state index >= 15 is 0 Å². The highest BCUT2D eigenvalue weighted by atomic mass is 16.5. The van der Waals surface area contributed by atoms with E-state index in [9.17, 15) is 4.79 Å². The molecule has 21 heavy (non-hydrogen) atoms. The van der Waals surface area contributed by atoms with Crippen molar-refractivity contribution in [1.82, 2.24) is 4.98 Å². The van der Waals surface area contributed by atoms with Crippen LogP contribution in [0.15, 0.2) is 30.5 Å². The Labute approximate surface area is 125 Å². The molecule has 1 aromatic heterocycles. The van der Waals surface area contributed by atoms with Gasteiger partial charge in [0.2, 0.25) is 0 Å². The summed E-state index contributed by atoms with van der Waals surface area (Å²) in [4.78, 5) is 17.8. The number of nitrogens with one attached hydrogen (secondary N) is 1. The number of carbonyl (C=O) groups is 1. The lowest BCUT2D eigenvalue weighted by molar-refractivity contribution is -0.142.